The Bertz CT molecular complexity index is 2000. The molecule has 0 aliphatic heterocycles. The van der Waals surface area contributed by atoms with Crippen LogP contribution < -0.4 is 0 Å². The standard InChI is InChI=1S/C35H23NS2/c37-35(38)36(19-27-13-11-25-9-7-21-3-1-5-23-15-17-29(27)33(25)31(21)23)20-28-14-12-26-10-8-22-4-2-6-24-16-18-30(28)34(26)32(22)24/h1-18H,19-20H2,(H,37,38). The van der Waals surface area contributed by atoms with Crippen LogP contribution in [0.3, 0.4) is 0 Å². The fourth-order valence-corrected chi connectivity index (χ4v) is 6.74. The number of hydrogen-bond donors (Lipinski definition) is 1. The van der Waals surface area contributed by atoms with E-state index in [-0.39, 0.29) is 0 Å². The van der Waals surface area contributed by atoms with Crippen LogP contribution in [0.15, 0.2) is 109 Å². The molecule has 0 saturated heterocycles. The summed E-state index contributed by atoms with van der Waals surface area (Å²) < 4.78 is 0.612. The van der Waals surface area contributed by atoms with E-state index >= 15 is 0 Å². The van der Waals surface area contributed by atoms with Gasteiger partial charge in [-0.3, -0.25) is 0 Å². The molecule has 0 atom stereocenters. The Morgan fingerprint density at radius 1 is 0.474 bits per heavy atom. The van der Waals surface area contributed by atoms with Crippen molar-refractivity contribution in [1.82, 2.24) is 4.90 Å². The molecule has 0 amide bonds. The summed E-state index contributed by atoms with van der Waals surface area (Å²) in [6.45, 7) is 1.41. The van der Waals surface area contributed by atoms with Crippen molar-refractivity contribution in [2.75, 3.05) is 0 Å². The largest absolute Gasteiger partial charge is 0.349 e. The van der Waals surface area contributed by atoms with Crippen molar-refractivity contribution in [3.05, 3.63) is 120 Å². The second-order valence-electron chi connectivity index (χ2n) is 10.3. The second-order valence-corrected chi connectivity index (χ2v) is 11.4. The molecule has 0 N–H and O–H groups in total. The van der Waals surface area contributed by atoms with Gasteiger partial charge >= 0.3 is 0 Å². The predicted molar refractivity (Wildman–Crippen MR) is 171 cm³/mol. The summed E-state index contributed by atoms with van der Waals surface area (Å²) in [5.41, 5.74) is 2.54. The third kappa shape index (κ3) is 3.22. The summed E-state index contributed by atoms with van der Waals surface area (Å²) >= 11 is 10.4. The first-order valence-electron chi connectivity index (χ1n) is 12.9. The molecule has 0 aromatic heterocycles. The van der Waals surface area contributed by atoms with E-state index in [2.05, 4.69) is 114 Å². The summed E-state index contributed by atoms with van der Waals surface area (Å²) in [4.78, 5) is 2.22. The van der Waals surface area contributed by atoms with Gasteiger partial charge in [0.25, 0.3) is 0 Å². The maximum absolute atomic E-state index is 5.70. The maximum Gasteiger partial charge on any atom is 0.133 e. The van der Waals surface area contributed by atoms with Gasteiger partial charge in [0.05, 0.1) is 0 Å². The topological polar surface area (TPSA) is 3.24 Å². The van der Waals surface area contributed by atoms with Gasteiger partial charge in [-0.05, 0) is 75.8 Å². The van der Waals surface area contributed by atoms with Crippen LogP contribution in [0.2, 0.25) is 0 Å². The lowest BCUT2D eigenvalue weighted by atomic mass is 9.91. The van der Waals surface area contributed by atoms with Crippen LogP contribution in [0.25, 0.3) is 64.6 Å². The summed E-state index contributed by atoms with van der Waals surface area (Å²) in [5.74, 6) is 0. The summed E-state index contributed by atoms with van der Waals surface area (Å²) in [6, 6.07) is 40.1. The van der Waals surface area contributed by atoms with Crippen molar-refractivity contribution in [3.63, 3.8) is 0 Å². The Kier molecular flexibility index (Phi) is 4.82. The molecule has 0 fully saturated rings. The minimum Gasteiger partial charge on any atom is -0.349 e. The van der Waals surface area contributed by atoms with Gasteiger partial charge in [-0.1, -0.05) is 121 Å². The van der Waals surface area contributed by atoms with Crippen molar-refractivity contribution in [3.8, 4) is 0 Å². The van der Waals surface area contributed by atoms with Gasteiger partial charge < -0.3 is 4.90 Å². The lowest BCUT2D eigenvalue weighted by Gasteiger charge is -2.25. The highest BCUT2D eigenvalue weighted by Crippen LogP contribution is 2.38. The summed E-state index contributed by atoms with van der Waals surface area (Å²) in [6.07, 6.45) is 0. The fraction of sp³-hybridized carbons (Fsp3) is 0.0571. The predicted octanol–water partition coefficient (Wildman–Crippen LogP) is 9.70. The van der Waals surface area contributed by atoms with Gasteiger partial charge in [0.15, 0.2) is 0 Å². The SMILES string of the molecule is S=C(S)N(Cc1ccc2ccc3cccc4ccc1c2c34)Cc1ccc2ccc3cccc4ccc1c2c34. The second kappa shape index (κ2) is 8.29. The first kappa shape index (κ1) is 22.1. The molecule has 1 nitrogen and oxygen atoms in total. The van der Waals surface area contributed by atoms with Gasteiger partial charge in [0.2, 0.25) is 0 Å². The van der Waals surface area contributed by atoms with Crippen molar-refractivity contribution >= 4 is 93.8 Å². The summed E-state index contributed by atoms with van der Waals surface area (Å²) in [7, 11) is 0. The van der Waals surface area contributed by atoms with E-state index in [1.54, 1.807) is 0 Å². The molecule has 0 bridgehead atoms. The zero-order valence-electron chi connectivity index (χ0n) is 20.6. The van der Waals surface area contributed by atoms with E-state index in [4.69, 9.17) is 24.8 Å². The Balaban J connectivity index is 1.25. The first-order valence-corrected chi connectivity index (χ1v) is 13.8. The molecule has 0 radical (unpaired) electrons. The van der Waals surface area contributed by atoms with Gasteiger partial charge in [-0.2, -0.15) is 0 Å². The highest BCUT2D eigenvalue weighted by molar-refractivity contribution is 8.10. The Hall–Kier alpha value is -3.92. The van der Waals surface area contributed by atoms with E-state index in [1.807, 2.05) is 0 Å². The number of thiocarbonyl (C=S) groups is 1. The third-order valence-electron chi connectivity index (χ3n) is 8.23. The van der Waals surface area contributed by atoms with Crippen LogP contribution in [0, 0.1) is 0 Å². The normalized spacial score (nSPS) is 12.1. The van der Waals surface area contributed by atoms with Gasteiger partial charge in [-0.25, -0.2) is 0 Å². The highest BCUT2D eigenvalue weighted by atomic mass is 32.1. The van der Waals surface area contributed by atoms with Crippen LogP contribution in [-0.2, 0) is 13.1 Å². The van der Waals surface area contributed by atoms with E-state index < -0.39 is 0 Å². The van der Waals surface area contributed by atoms with Crippen LogP contribution in [0.4, 0.5) is 0 Å². The molecule has 0 saturated carbocycles. The smallest absolute Gasteiger partial charge is 0.133 e. The molecule has 3 heteroatoms. The average Bonchev–Trinajstić information content (AvgIpc) is 2.95. The van der Waals surface area contributed by atoms with Gasteiger partial charge in [-0.15, -0.1) is 12.6 Å². The Labute approximate surface area is 231 Å². The van der Waals surface area contributed by atoms with Crippen LogP contribution >= 0.6 is 24.8 Å². The van der Waals surface area contributed by atoms with Crippen LogP contribution in [-0.4, -0.2) is 9.22 Å². The minimum absolute atomic E-state index is 0.612. The molecular formula is C35H23NS2. The molecule has 0 heterocycles. The number of benzene rings is 8. The molecule has 8 aromatic carbocycles. The van der Waals surface area contributed by atoms with E-state index in [0.29, 0.717) is 17.4 Å². The zero-order valence-corrected chi connectivity index (χ0v) is 22.3. The molecule has 38 heavy (non-hydrogen) atoms. The van der Waals surface area contributed by atoms with Crippen molar-refractivity contribution in [2.45, 2.75) is 13.1 Å². The average molecular weight is 522 g/mol. The molecule has 180 valence electrons. The molecule has 8 rings (SSSR count). The molecular weight excluding hydrogens is 499 g/mol. The Morgan fingerprint density at radius 3 is 1.21 bits per heavy atom. The fourth-order valence-electron chi connectivity index (χ4n) is 6.47. The quantitative estimate of drug-likeness (QED) is 0.139. The molecule has 0 aliphatic rings. The lowest BCUT2D eigenvalue weighted by Crippen LogP contribution is -2.25. The van der Waals surface area contributed by atoms with Gasteiger partial charge in [0, 0.05) is 13.1 Å². The van der Waals surface area contributed by atoms with E-state index in [1.165, 1.54) is 75.8 Å². The van der Waals surface area contributed by atoms with Crippen LogP contribution in [0.1, 0.15) is 11.1 Å². The molecule has 0 aliphatic carbocycles. The number of hydrogen-bond acceptors (Lipinski definition) is 1. The van der Waals surface area contributed by atoms with Gasteiger partial charge in [0.1, 0.15) is 4.32 Å². The number of thiol groups is 1. The monoisotopic (exact) mass is 521 g/mol. The maximum atomic E-state index is 5.70. The summed E-state index contributed by atoms with van der Waals surface area (Å²) in [5, 5.41) is 15.6. The number of rotatable bonds is 4. The van der Waals surface area contributed by atoms with Crippen molar-refractivity contribution in [2.24, 2.45) is 0 Å². The van der Waals surface area contributed by atoms with Crippen molar-refractivity contribution in [1.29, 1.82) is 0 Å². The van der Waals surface area contributed by atoms with E-state index in [0.717, 1.165) is 0 Å². The Morgan fingerprint density at radius 2 is 0.816 bits per heavy atom. The molecule has 0 spiro atoms. The number of nitrogens with zero attached hydrogens (tertiary/aromatic N) is 1. The highest BCUT2D eigenvalue weighted by Gasteiger charge is 2.17. The first-order chi connectivity index (χ1) is 18.7. The van der Waals surface area contributed by atoms with Crippen LogP contribution in [0.5, 0.6) is 0 Å². The molecule has 0 unspecified atom stereocenters. The zero-order chi connectivity index (χ0) is 25.4. The van der Waals surface area contributed by atoms with Crippen molar-refractivity contribution < 1.29 is 0 Å². The lowest BCUT2D eigenvalue weighted by molar-refractivity contribution is 0.425. The minimum atomic E-state index is 0.612. The molecule has 8 aromatic rings. The van der Waals surface area contributed by atoms with E-state index in [9.17, 15) is 0 Å². The third-order valence-corrected chi connectivity index (χ3v) is 8.77.